The van der Waals surface area contributed by atoms with E-state index < -0.39 is 0 Å². The predicted octanol–water partition coefficient (Wildman–Crippen LogP) is 5.98. The number of benzene rings is 2. The molecule has 0 bridgehead atoms. The zero-order valence-corrected chi connectivity index (χ0v) is 12.1. The van der Waals surface area contributed by atoms with Crippen LogP contribution in [0.1, 0.15) is 56.4 Å². The molecule has 0 saturated carbocycles. The zero-order valence-electron chi connectivity index (χ0n) is 12.1. The number of allylic oxidation sites excluding steroid dienone is 2. The first kappa shape index (κ1) is 12.2. The first-order chi connectivity index (χ1) is 9.93. The van der Waals surface area contributed by atoms with Gasteiger partial charge in [-0.05, 0) is 61.3 Å². The second kappa shape index (κ2) is 5.09. The van der Waals surface area contributed by atoms with Crippen LogP contribution >= 0.6 is 0 Å². The van der Waals surface area contributed by atoms with Gasteiger partial charge in [-0.3, -0.25) is 0 Å². The summed E-state index contributed by atoms with van der Waals surface area (Å²) in [5.74, 6) is 0.699. The standard InChI is InChI=1S/C20H22/c1-3-11-17-15(7-1)9-5-13-19(17)20-14-6-10-16-8-2-4-12-18(16)20/h1,3,5,7,9,11,13,20H,2,4,6,8,10,12,14H2. The smallest absolute Gasteiger partial charge is 0.00571 e. The van der Waals surface area contributed by atoms with E-state index in [0.29, 0.717) is 5.92 Å². The van der Waals surface area contributed by atoms with Crippen molar-refractivity contribution in [3.63, 3.8) is 0 Å². The molecule has 0 N–H and O–H groups in total. The van der Waals surface area contributed by atoms with Gasteiger partial charge < -0.3 is 0 Å². The van der Waals surface area contributed by atoms with Crippen molar-refractivity contribution in [3.8, 4) is 0 Å². The Hall–Kier alpha value is -1.56. The minimum atomic E-state index is 0.699. The van der Waals surface area contributed by atoms with Crippen molar-refractivity contribution in [2.45, 2.75) is 50.9 Å². The molecule has 102 valence electrons. The highest BCUT2D eigenvalue weighted by Crippen LogP contribution is 2.45. The van der Waals surface area contributed by atoms with E-state index in [4.69, 9.17) is 0 Å². The van der Waals surface area contributed by atoms with Gasteiger partial charge in [-0.1, -0.05) is 53.6 Å². The average Bonchev–Trinajstić information content (AvgIpc) is 2.54. The van der Waals surface area contributed by atoms with Gasteiger partial charge in [-0.25, -0.2) is 0 Å². The Labute approximate surface area is 121 Å². The fourth-order valence-electron chi connectivity index (χ4n) is 4.29. The summed E-state index contributed by atoms with van der Waals surface area (Å²) in [7, 11) is 0. The molecule has 2 aliphatic carbocycles. The SMILES string of the molecule is c1ccc2c(C3CCCC4=C3CCCC4)cccc2c1. The van der Waals surface area contributed by atoms with Crippen molar-refractivity contribution >= 4 is 10.8 Å². The Balaban J connectivity index is 1.86. The summed E-state index contributed by atoms with van der Waals surface area (Å²) in [6.45, 7) is 0. The maximum atomic E-state index is 2.37. The van der Waals surface area contributed by atoms with Crippen LogP contribution in [0, 0.1) is 0 Å². The van der Waals surface area contributed by atoms with Crippen LogP contribution in [-0.4, -0.2) is 0 Å². The summed E-state index contributed by atoms with van der Waals surface area (Å²) in [6.07, 6.45) is 9.65. The molecule has 0 spiro atoms. The number of hydrogen-bond donors (Lipinski definition) is 0. The van der Waals surface area contributed by atoms with Crippen LogP contribution in [0.2, 0.25) is 0 Å². The maximum absolute atomic E-state index is 2.37. The highest BCUT2D eigenvalue weighted by molar-refractivity contribution is 5.86. The molecule has 2 aliphatic rings. The lowest BCUT2D eigenvalue weighted by Crippen LogP contribution is -2.14. The van der Waals surface area contributed by atoms with Crippen LogP contribution < -0.4 is 0 Å². The maximum Gasteiger partial charge on any atom is 0.00571 e. The van der Waals surface area contributed by atoms with E-state index in [2.05, 4.69) is 42.5 Å². The topological polar surface area (TPSA) is 0 Å². The predicted molar refractivity (Wildman–Crippen MR) is 86.0 cm³/mol. The molecule has 0 radical (unpaired) electrons. The Morgan fingerprint density at radius 1 is 0.750 bits per heavy atom. The average molecular weight is 262 g/mol. The summed E-state index contributed by atoms with van der Waals surface area (Å²) >= 11 is 0. The van der Waals surface area contributed by atoms with E-state index in [-0.39, 0.29) is 0 Å². The Morgan fingerprint density at radius 3 is 2.55 bits per heavy atom. The minimum Gasteiger partial charge on any atom is -0.0704 e. The van der Waals surface area contributed by atoms with Crippen molar-refractivity contribution < 1.29 is 0 Å². The minimum absolute atomic E-state index is 0.699. The summed E-state index contributed by atoms with van der Waals surface area (Å²) in [5, 5.41) is 2.87. The Kier molecular flexibility index (Phi) is 3.10. The molecule has 0 amide bonds. The summed E-state index contributed by atoms with van der Waals surface area (Å²) in [4.78, 5) is 0. The number of rotatable bonds is 1. The van der Waals surface area contributed by atoms with Gasteiger partial charge in [0.2, 0.25) is 0 Å². The van der Waals surface area contributed by atoms with Gasteiger partial charge in [-0.15, -0.1) is 0 Å². The third-order valence-corrected chi connectivity index (χ3v) is 5.22. The second-order valence-corrected chi connectivity index (χ2v) is 6.35. The molecule has 0 heteroatoms. The molecule has 1 unspecified atom stereocenters. The first-order valence-electron chi connectivity index (χ1n) is 8.12. The largest absolute Gasteiger partial charge is 0.0704 e. The summed E-state index contributed by atoms with van der Waals surface area (Å²) < 4.78 is 0. The van der Waals surface area contributed by atoms with E-state index in [1.807, 2.05) is 0 Å². The van der Waals surface area contributed by atoms with Gasteiger partial charge in [0.25, 0.3) is 0 Å². The van der Waals surface area contributed by atoms with Gasteiger partial charge in [0, 0.05) is 5.92 Å². The lowest BCUT2D eigenvalue weighted by molar-refractivity contribution is 0.518. The second-order valence-electron chi connectivity index (χ2n) is 6.35. The van der Waals surface area contributed by atoms with Gasteiger partial charge in [-0.2, -0.15) is 0 Å². The quantitative estimate of drug-likeness (QED) is 0.555. The summed E-state index contributed by atoms with van der Waals surface area (Å²) in [5.41, 5.74) is 5.19. The van der Waals surface area contributed by atoms with E-state index in [1.165, 1.54) is 55.7 Å². The molecule has 0 aromatic heterocycles. The van der Waals surface area contributed by atoms with Crippen LogP contribution in [0.3, 0.4) is 0 Å². The molecular formula is C20H22. The van der Waals surface area contributed by atoms with Crippen LogP contribution in [0.25, 0.3) is 10.8 Å². The van der Waals surface area contributed by atoms with Crippen molar-refractivity contribution in [2.75, 3.05) is 0 Å². The monoisotopic (exact) mass is 262 g/mol. The molecule has 2 aromatic carbocycles. The van der Waals surface area contributed by atoms with Crippen LogP contribution in [0.4, 0.5) is 0 Å². The highest BCUT2D eigenvalue weighted by Gasteiger charge is 2.26. The summed E-state index contributed by atoms with van der Waals surface area (Å²) in [6, 6.07) is 15.8. The van der Waals surface area contributed by atoms with Crippen molar-refractivity contribution in [3.05, 3.63) is 59.2 Å². The van der Waals surface area contributed by atoms with Crippen molar-refractivity contribution in [1.82, 2.24) is 0 Å². The zero-order chi connectivity index (χ0) is 13.4. The lowest BCUT2D eigenvalue weighted by Gasteiger charge is -2.33. The van der Waals surface area contributed by atoms with E-state index in [9.17, 15) is 0 Å². The Morgan fingerprint density at radius 2 is 1.55 bits per heavy atom. The first-order valence-corrected chi connectivity index (χ1v) is 8.12. The third kappa shape index (κ3) is 1.98. The molecule has 0 saturated heterocycles. The molecule has 0 fully saturated rings. The molecule has 1 atom stereocenters. The normalized spacial score (nSPS) is 22.9. The fourth-order valence-corrected chi connectivity index (χ4v) is 4.29. The molecule has 0 nitrogen and oxygen atoms in total. The van der Waals surface area contributed by atoms with Crippen molar-refractivity contribution in [1.29, 1.82) is 0 Å². The van der Waals surface area contributed by atoms with Crippen LogP contribution in [-0.2, 0) is 0 Å². The number of fused-ring (bicyclic) bond motifs is 1. The highest BCUT2D eigenvalue weighted by atomic mass is 14.3. The molecule has 0 aliphatic heterocycles. The molecular weight excluding hydrogens is 240 g/mol. The van der Waals surface area contributed by atoms with E-state index in [1.54, 1.807) is 16.7 Å². The molecule has 20 heavy (non-hydrogen) atoms. The van der Waals surface area contributed by atoms with Gasteiger partial charge in [0.05, 0.1) is 0 Å². The fraction of sp³-hybridized carbons (Fsp3) is 0.400. The Bertz CT molecular complexity index is 653. The molecule has 2 aromatic rings. The lowest BCUT2D eigenvalue weighted by atomic mass is 9.72. The van der Waals surface area contributed by atoms with Crippen LogP contribution in [0.5, 0.6) is 0 Å². The third-order valence-electron chi connectivity index (χ3n) is 5.22. The molecule has 0 heterocycles. The van der Waals surface area contributed by atoms with Gasteiger partial charge in [0.1, 0.15) is 0 Å². The van der Waals surface area contributed by atoms with Crippen molar-refractivity contribution in [2.24, 2.45) is 0 Å². The van der Waals surface area contributed by atoms with Crippen LogP contribution in [0.15, 0.2) is 53.6 Å². The van der Waals surface area contributed by atoms with Gasteiger partial charge in [0.15, 0.2) is 0 Å². The number of hydrogen-bond acceptors (Lipinski definition) is 0. The van der Waals surface area contributed by atoms with Gasteiger partial charge >= 0.3 is 0 Å². The van der Waals surface area contributed by atoms with E-state index in [0.717, 1.165) is 0 Å². The molecule has 4 rings (SSSR count). The van der Waals surface area contributed by atoms with E-state index >= 15 is 0 Å².